The van der Waals surface area contributed by atoms with Crippen molar-refractivity contribution in [2.45, 2.75) is 17.9 Å². The lowest BCUT2D eigenvalue weighted by Gasteiger charge is -2.31. The molecule has 0 bridgehead atoms. The van der Waals surface area contributed by atoms with Crippen LogP contribution in [0.25, 0.3) is 17.8 Å². The van der Waals surface area contributed by atoms with Gasteiger partial charge in [-0.05, 0) is 55.6 Å². The van der Waals surface area contributed by atoms with Crippen molar-refractivity contribution >= 4 is 35.5 Å². The Hall–Kier alpha value is -2.83. The van der Waals surface area contributed by atoms with Gasteiger partial charge in [-0.25, -0.2) is 4.98 Å². The number of pyridine rings is 1. The number of amides is 1. The molecule has 1 amide bonds. The molecule has 0 atom stereocenters. The molecule has 0 unspecified atom stereocenters. The molecule has 158 valence electrons. The summed E-state index contributed by atoms with van der Waals surface area (Å²) in [7, 11) is 0. The lowest BCUT2D eigenvalue weighted by atomic mass is 9.97. The molecule has 0 spiro atoms. The van der Waals surface area contributed by atoms with Crippen LogP contribution in [0, 0.1) is 5.92 Å². The molecule has 5 nitrogen and oxygen atoms in total. The minimum atomic E-state index is 0.0164. The average Bonchev–Trinajstić information content (AvgIpc) is 3.23. The van der Waals surface area contributed by atoms with E-state index in [1.54, 1.807) is 0 Å². The van der Waals surface area contributed by atoms with Crippen LogP contribution >= 0.6 is 11.8 Å². The number of imidazole rings is 1. The van der Waals surface area contributed by atoms with Gasteiger partial charge in [-0.15, -0.1) is 0 Å². The van der Waals surface area contributed by atoms with Crippen LogP contribution in [0.1, 0.15) is 24.1 Å². The Morgan fingerprint density at radius 3 is 2.81 bits per heavy atom. The van der Waals surface area contributed by atoms with E-state index < -0.39 is 0 Å². The van der Waals surface area contributed by atoms with Gasteiger partial charge in [0.1, 0.15) is 5.65 Å². The topological polar surface area (TPSA) is 49.6 Å². The average molecular weight is 431 g/mol. The zero-order chi connectivity index (χ0) is 21.0. The van der Waals surface area contributed by atoms with Crippen LogP contribution in [0.2, 0.25) is 0 Å². The number of likely N-dealkylation sites (tertiary alicyclic amines) is 1. The monoisotopic (exact) mass is 430 g/mol. The number of piperidine rings is 1. The maximum absolute atomic E-state index is 12.8. The Morgan fingerprint density at radius 2 is 1.97 bits per heavy atom. The maximum Gasteiger partial charge on any atom is 0.258 e. The van der Waals surface area contributed by atoms with Crippen molar-refractivity contribution in [1.29, 1.82) is 0 Å². The van der Waals surface area contributed by atoms with Crippen LogP contribution in [0.15, 0.2) is 70.7 Å². The van der Waals surface area contributed by atoms with Gasteiger partial charge in [0.05, 0.1) is 21.8 Å². The van der Waals surface area contributed by atoms with Gasteiger partial charge in [-0.3, -0.25) is 14.1 Å². The lowest BCUT2D eigenvalue weighted by Crippen LogP contribution is -2.38. The predicted molar refractivity (Wildman–Crippen MR) is 127 cm³/mol. The molecule has 3 aromatic rings. The van der Waals surface area contributed by atoms with Gasteiger partial charge in [0.2, 0.25) is 0 Å². The molecule has 1 aromatic carbocycles. The van der Waals surface area contributed by atoms with Crippen molar-refractivity contribution in [3.63, 3.8) is 0 Å². The SMILES string of the molecule is O=C(NCC1CCN(CC=Cc2ccccc2)CC1)C1=Cc2cnc3cccc(n23)S1. The molecule has 2 aromatic heterocycles. The summed E-state index contributed by atoms with van der Waals surface area (Å²) in [5, 5.41) is 4.20. The van der Waals surface area contributed by atoms with Gasteiger partial charge < -0.3 is 5.32 Å². The molecule has 2 aliphatic heterocycles. The fraction of sp³-hybridized carbons (Fsp3) is 0.280. The first-order valence-corrected chi connectivity index (χ1v) is 11.7. The summed E-state index contributed by atoms with van der Waals surface area (Å²) in [5.41, 5.74) is 3.13. The zero-order valence-corrected chi connectivity index (χ0v) is 18.2. The fourth-order valence-corrected chi connectivity index (χ4v) is 5.20. The maximum atomic E-state index is 12.8. The van der Waals surface area contributed by atoms with Crippen LogP contribution in [-0.4, -0.2) is 46.4 Å². The summed E-state index contributed by atoms with van der Waals surface area (Å²) in [4.78, 5) is 20.4. The number of benzene rings is 1. The highest BCUT2D eigenvalue weighted by atomic mass is 32.2. The Labute approximate surface area is 186 Å². The van der Waals surface area contributed by atoms with E-state index in [-0.39, 0.29) is 5.91 Å². The molecule has 31 heavy (non-hydrogen) atoms. The lowest BCUT2D eigenvalue weighted by molar-refractivity contribution is -0.117. The number of carbonyl (C=O) groups is 1. The number of nitrogens with zero attached hydrogens (tertiary/aromatic N) is 3. The highest BCUT2D eigenvalue weighted by Crippen LogP contribution is 2.34. The third-order valence-electron chi connectivity index (χ3n) is 5.97. The third kappa shape index (κ3) is 4.60. The molecule has 0 aliphatic carbocycles. The molecule has 5 rings (SSSR count). The number of thioether (sulfide) groups is 1. The van der Waals surface area contributed by atoms with Crippen molar-refractivity contribution in [2.75, 3.05) is 26.2 Å². The zero-order valence-electron chi connectivity index (χ0n) is 17.4. The number of hydrogen-bond donors (Lipinski definition) is 1. The van der Waals surface area contributed by atoms with Gasteiger partial charge in [0.15, 0.2) is 0 Å². The Kier molecular flexibility index (Phi) is 5.91. The molecular weight excluding hydrogens is 404 g/mol. The van der Waals surface area contributed by atoms with Crippen molar-refractivity contribution in [2.24, 2.45) is 5.92 Å². The van der Waals surface area contributed by atoms with Crippen LogP contribution in [0.5, 0.6) is 0 Å². The van der Waals surface area contributed by atoms with Crippen molar-refractivity contribution in [3.05, 3.63) is 77.0 Å². The summed E-state index contributed by atoms with van der Waals surface area (Å²) < 4.78 is 2.09. The first-order valence-electron chi connectivity index (χ1n) is 10.8. The number of carbonyl (C=O) groups excluding carboxylic acids is 1. The molecule has 0 radical (unpaired) electrons. The van der Waals surface area contributed by atoms with Crippen LogP contribution in [0.4, 0.5) is 0 Å². The van der Waals surface area contributed by atoms with Crippen molar-refractivity contribution in [1.82, 2.24) is 19.6 Å². The molecule has 6 heteroatoms. The fourth-order valence-electron chi connectivity index (χ4n) is 4.20. The molecule has 1 saturated heterocycles. The molecule has 0 saturated carbocycles. The summed E-state index contributed by atoms with van der Waals surface area (Å²) in [6.45, 7) is 3.89. The van der Waals surface area contributed by atoms with Gasteiger partial charge >= 0.3 is 0 Å². The second-order valence-corrected chi connectivity index (χ2v) is 9.18. The smallest absolute Gasteiger partial charge is 0.258 e. The minimum Gasteiger partial charge on any atom is -0.351 e. The quantitative estimate of drug-likeness (QED) is 0.633. The first-order chi connectivity index (χ1) is 15.3. The number of hydrogen-bond acceptors (Lipinski definition) is 4. The Morgan fingerprint density at radius 1 is 1.13 bits per heavy atom. The second kappa shape index (κ2) is 9.12. The van der Waals surface area contributed by atoms with E-state index in [1.807, 2.05) is 36.5 Å². The highest BCUT2D eigenvalue weighted by molar-refractivity contribution is 8.04. The van der Waals surface area contributed by atoms with Crippen molar-refractivity contribution < 1.29 is 4.79 Å². The normalized spacial score (nSPS) is 17.2. The second-order valence-electron chi connectivity index (χ2n) is 8.12. The molecule has 4 heterocycles. The molecule has 2 aliphatic rings. The van der Waals surface area contributed by atoms with Gasteiger partial charge in [0, 0.05) is 13.1 Å². The summed E-state index contributed by atoms with van der Waals surface area (Å²) in [6, 6.07) is 16.4. The van der Waals surface area contributed by atoms with E-state index in [1.165, 1.54) is 17.3 Å². The van der Waals surface area contributed by atoms with E-state index in [4.69, 9.17) is 0 Å². The standard InChI is InChI=1S/C25H26N4OS/c30-25(22-16-21-18-26-23-9-4-10-24(31-22)29(21)23)27-17-20-11-14-28(15-12-20)13-5-8-19-6-2-1-3-7-19/h1-10,16,18,20H,11-15,17H2,(H,27,30). The summed E-state index contributed by atoms with van der Waals surface area (Å²) in [5.74, 6) is 0.559. The minimum absolute atomic E-state index is 0.0164. The van der Waals surface area contributed by atoms with Crippen molar-refractivity contribution in [3.8, 4) is 0 Å². The van der Waals surface area contributed by atoms with E-state index in [2.05, 4.69) is 56.0 Å². The summed E-state index contributed by atoms with van der Waals surface area (Å²) in [6.07, 6.45) is 10.4. The van der Waals surface area contributed by atoms with Crippen LogP contribution in [0.3, 0.4) is 0 Å². The molecule has 1 fully saturated rings. The van der Waals surface area contributed by atoms with Gasteiger partial charge in [-0.2, -0.15) is 0 Å². The number of nitrogens with one attached hydrogen (secondary N) is 1. The highest BCUT2D eigenvalue weighted by Gasteiger charge is 2.22. The van der Waals surface area contributed by atoms with E-state index in [0.29, 0.717) is 5.92 Å². The third-order valence-corrected chi connectivity index (χ3v) is 7.02. The Balaban J connectivity index is 1.09. The van der Waals surface area contributed by atoms with E-state index >= 15 is 0 Å². The molecular formula is C25H26N4OS. The van der Waals surface area contributed by atoms with Gasteiger partial charge in [0.25, 0.3) is 5.91 Å². The number of aromatic nitrogens is 2. The Bertz CT molecular complexity index is 1130. The predicted octanol–water partition coefficient (Wildman–Crippen LogP) is 4.32. The van der Waals surface area contributed by atoms with Gasteiger partial charge in [-0.1, -0.05) is 60.3 Å². The van der Waals surface area contributed by atoms with Crippen LogP contribution in [-0.2, 0) is 4.79 Å². The molecule has 1 N–H and O–H groups in total. The summed E-state index contributed by atoms with van der Waals surface area (Å²) >= 11 is 1.51. The number of rotatable bonds is 6. The van der Waals surface area contributed by atoms with E-state index in [0.717, 1.165) is 60.3 Å². The first kappa shape index (κ1) is 20.1. The largest absolute Gasteiger partial charge is 0.351 e. The van der Waals surface area contributed by atoms with Crippen LogP contribution < -0.4 is 5.32 Å². The van der Waals surface area contributed by atoms with E-state index in [9.17, 15) is 4.79 Å².